The van der Waals surface area contributed by atoms with E-state index in [9.17, 15) is 0 Å². The number of hydrogen-bond donors (Lipinski definition) is 0. The lowest BCUT2D eigenvalue weighted by Gasteiger charge is -2.01. The molecule has 1 rings (SSSR count). The normalized spacial score (nSPS) is 15.7. The van der Waals surface area contributed by atoms with Crippen molar-refractivity contribution in [2.75, 3.05) is 5.75 Å². The maximum absolute atomic E-state index is 4.16. The lowest BCUT2D eigenvalue weighted by Crippen LogP contribution is -1.99. The summed E-state index contributed by atoms with van der Waals surface area (Å²) < 4.78 is 0. The molecule has 0 spiro atoms. The van der Waals surface area contributed by atoms with Crippen LogP contribution in [-0.4, -0.2) is 11.5 Å². The van der Waals surface area contributed by atoms with Crippen molar-refractivity contribution in [3.8, 4) is 0 Å². The molecule has 1 aliphatic rings. The third-order valence-electron chi connectivity index (χ3n) is 2.01. The van der Waals surface area contributed by atoms with E-state index in [0.29, 0.717) is 5.92 Å². The van der Waals surface area contributed by atoms with Gasteiger partial charge >= 0.3 is 0 Å². The van der Waals surface area contributed by atoms with Crippen LogP contribution in [0.1, 0.15) is 26.7 Å². The molecular weight excluding hydrogens is 202 g/mol. The average molecular weight is 223 g/mol. The van der Waals surface area contributed by atoms with Gasteiger partial charge in [0.15, 0.2) is 0 Å². The molecule has 0 saturated carbocycles. The average Bonchev–Trinajstić information content (AvgIpc) is 2.31. The SMILES string of the molecule is C=CCC(C)C=C.CCC1=NC=CSC1. The second kappa shape index (κ2) is 9.78. The van der Waals surface area contributed by atoms with E-state index in [0.717, 1.165) is 18.6 Å². The van der Waals surface area contributed by atoms with Gasteiger partial charge in [0, 0.05) is 17.7 Å². The molecule has 1 nitrogen and oxygen atoms in total. The number of nitrogens with zero attached hydrogens (tertiary/aromatic N) is 1. The predicted molar refractivity (Wildman–Crippen MR) is 73.5 cm³/mol. The van der Waals surface area contributed by atoms with E-state index in [2.05, 4.69) is 32.0 Å². The number of rotatable bonds is 4. The molecule has 2 heteroatoms. The summed E-state index contributed by atoms with van der Waals surface area (Å²) in [5.74, 6) is 1.69. The molecule has 0 aromatic rings. The Morgan fingerprint density at radius 2 is 2.33 bits per heavy atom. The van der Waals surface area contributed by atoms with Crippen LogP contribution < -0.4 is 0 Å². The molecule has 84 valence electrons. The first-order chi connectivity index (χ1) is 7.24. The highest BCUT2D eigenvalue weighted by molar-refractivity contribution is 8.02. The first kappa shape index (κ1) is 14.2. The molecule has 0 aromatic heterocycles. The summed E-state index contributed by atoms with van der Waals surface area (Å²) >= 11 is 1.82. The van der Waals surface area contributed by atoms with Crippen molar-refractivity contribution < 1.29 is 0 Å². The van der Waals surface area contributed by atoms with Crippen LogP contribution in [0.25, 0.3) is 0 Å². The highest BCUT2D eigenvalue weighted by atomic mass is 32.2. The van der Waals surface area contributed by atoms with Crippen LogP contribution >= 0.6 is 11.8 Å². The first-order valence-electron chi connectivity index (χ1n) is 5.30. The van der Waals surface area contributed by atoms with Crippen molar-refractivity contribution in [1.82, 2.24) is 0 Å². The van der Waals surface area contributed by atoms with Gasteiger partial charge in [0.25, 0.3) is 0 Å². The van der Waals surface area contributed by atoms with Gasteiger partial charge in [0.05, 0.1) is 0 Å². The summed E-state index contributed by atoms with van der Waals surface area (Å²) in [6, 6.07) is 0. The van der Waals surface area contributed by atoms with Crippen LogP contribution in [0.3, 0.4) is 0 Å². The Labute approximate surface area is 98.1 Å². The zero-order valence-electron chi connectivity index (χ0n) is 9.78. The molecule has 1 unspecified atom stereocenters. The van der Waals surface area contributed by atoms with Crippen LogP contribution in [0.15, 0.2) is 41.9 Å². The molecule has 1 heterocycles. The van der Waals surface area contributed by atoms with E-state index in [1.165, 1.54) is 5.71 Å². The third kappa shape index (κ3) is 8.25. The maximum atomic E-state index is 4.16. The summed E-state index contributed by atoms with van der Waals surface area (Å²) in [6.45, 7) is 11.5. The van der Waals surface area contributed by atoms with Gasteiger partial charge in [-0.25, -0.2) is 0 Å². The lowest BCUT2D eigenvalue weighted by molar-refractivity contribution is 0.748. The minimum Gasteiger partial charge on any atom is -0.264 e. The van der Waals surface area contributed by atoms with Gasteiger partial charge in [-0.3, -0.25) is 4.99 Å². The van der Waals surface area contributed by atoms with Crippen LogP contribution in [0, 0.1) is 5.92 Å². The second-order valence-corrected chi connectivity index (χ2v) is 4.28. The fourth-order valence-electron chi connectivity index (χ4n) is 0.913. The zero-order valence-corrected chi connectivity index (χ0v) is 10.6. The van der Waals surface area contributed by atoms with Crippen molar-refractivity contribution in [1.29, 1.82) is 0 Å². The van der Waals surface area contributed by atoms with Crippen LogP contribution in [0.2, 0.25) is 0 Å². The Morgan fingerprint density at radius 3 is 2.60 bits per heavy atom. The van der Waals surface area contributed by atoms with E-state index in [-0.39, 0.29) is 0 Å². The van der Waals surface area contributed by atoms with Gasteiger partial charge in [0.2, 0.25) is 0 Å². The monoisotopic (exact) mass is 223 g/mol. The maximum Gasteiger partial charge on any atom is 0.0360 e. The van der Waals surface area contributed by atoms with E-state index in [1.807, 2.05) is 35.5 Å². The molecule has 0 aliphatic carbocycles. The van der Waals surface area contributed by atoms with Crippen molar-refractivity contribution in [2.24, 2.45) is 10.9 Å². The molecule has 0 saturated heterocycles. The number of thioether (sulfide) groups is 1. The largest absolute Gasteiger partial charge is 0.264 e. The molecule has 0 aromatic carbocycles. The van der Waals surface area contributed by atoms with Gasteiger partial charge in [-0.15, -0.1) is 24.9 Å². The Balaban J connectivity index is 0.000000265. The van der Waals surface area contributed by atoms with Gasteiger partial charge in [-0.05, 0) is 24.2 Å². The van der Waals surface area contributed by atoms with Crippen molar-refractivity contribution >= 4 is 17.5 Å². The van der Waals surface area contributed by atoms with Gasteiger partial charge in [-0.2, -0.15) is 0 Å². The Morgan fingerprint density at radius 1 is 1.60 bits per heavy atom. The summed E-state index contributed by atoms with van der Waals surface area (Å²) in [7, 11) is 0. The molecule has 1 aliphatic heterocycles. The van der Waals surface area contributed by atoms with Gasteiger partial charge in [-0.1, -0.05) is 26.0 Å². The Kier molecular flexibility index (Phi) is 9.29. The molecule has 0 bridgehead atoms. The molecule has 15 heavy (non-hydrogen) atoms. The molecule has 0 amide bonds. The highest BCUT2D eigenvalue weighted by Gasteiger charge is 1.95. The first-order valence-corrected chi connectivity index (χ1v) is 6.35. The van der Waals surface area contributed by atoms with Crippen LogP contribution in [0.5, 0.6) is 0 Å². The fourth-order valence-corrected chi connectivity index (χ4v) is 1.63. The molecule has 0 fully saturated rings. The van der Waals surface area contributed by atoms with Gasteiger partial charge in [0.1, 0.15) is 0 Å². The van der Waals surface area contributed by atoms with Crippen molar-refractivity contribution in [2.45, 2.75) is 26.7 Å². The van der Waals surface area contributed by atoms with E-state index >= 15 is 0 Å². The van der Waals surface area contributed by atoms with Crippen molar-refractivity contribution in [3.63, 3.8) is 0 Å². The third-order valence-corrected chi connectivity index (χ3v) is 2.83. The lowest BCUT2D eigenvalue weighted by atomic mass is 10.1. The van der Waals surface area contributed by atoms with Crippen LogP contribution in [0.4, 0.5) is 0 Å². The Bertz CT molecular complexity index is 241. The summed E-state index contributed by atoms with van der Waals surface area (Å²) in [4.78, 5) is 4.16. The molecule has 0 radical (unpaired) electrons. The number of allylic oxidation sites excluding steroid dienone is 2. The predicted octanol–water partition coefficient (Wildman–Crippen LogP) is 4.44. The molecule has 0 N–H and O–H groups in total. The smallest absolute Gasteiger partial charge is 0.0360 e. The quantitative estimate of drug-likeness (QED) is 0.642. The van der Waals surface area contributed by atoms with E-state index in [4.69, 9.17) is 0 Å². The molecular formula is C13H21NS. The van der Waals surface area contributed by atoms with E-state index < -0.39 is 0 Å². The summed E-state index contributed by atoms with van der Waals surface area (Å²) in [5, 5.41) is 2.03. The van der Waals surface area contributed by atoms with Crippen molar-refractivity contribution in [3.05, 3.63) is 36.9 Å². The highest BCUT2D eigenvalue weighted by Crippen LogP contribution is 2.09. The van der Waals surface area contributed by atoms with Gasteiger partial charge < -0.3 is 0 Å². The minimum atomic E-state index is 0.595. The fraction of sp³-hybridized carbons (Fsp3) is 0.462. The minimum absolute atomic E-state index is 0.595. The number of aliphatic imine (C=N–C) groups is 1. The summed E-state index contributed by atoms with van der Waals surface area (Å²) in [6.07, 6.45) is 7.85. The second-order valence-electron chi connectivity index (χ2n) is 3.38. The standard InChI is InChI=1S/C7H12.C6H9NS/c1-4-6-7(3)5-2;1-2-6-5-8-4-3-7-6/h4-5,7H,1-2,6H2,3H3;3-4H,2,5H2,1H3. The topological polar surface area (TPSA) is 12.4 Å². The van der Waals surface area contributed by atoms with Crippen LogP contribution in [-0.2, 0) is 0 Å². The Hall–Kier alpha value is -0.760. The summed E-state index contributed by atoms with van der Waals surface area (Å²) in [5.41, 5.74) is 1.30. The number of hydrogen-bond acceptors (Lipinski definition) is 2. The van der Waals surface area contributed by atoms with E-state index in [1.54, 1.807) is 0 Å². The molecule has 1 atom stereocenters. The zero-order chi connectivity index (χ0) is 11.5.